The summed E-state index contributed by atoms with van der Waals surface area (Å²) in [6.07, 6.45) is -3.76. The number of amides is 1. The molecule has 2 aliphatic heterocycles. The molecule has 2 heterocycles. The molecule has 3 aliphatic rings. The molecule has 226 valence electrons. The van der Waals surface area contributed by atoms with Gasteiger partial charge in [0.1, 0.15) is 42.4 Å². The van der Waals surface area contributed by atoms with E-state index in [1.165, 1.54) is 6.92 Å². The van der Waals surface area contributed by atoms with E-state index in [1.807, 2.05) is 6.08 Å². The van der Waals surface area contributed by atoms with Crippen LogP contribution in [0.15, 0.2) is 11.8 Å². The molecule has 1 amide bonds. The lowest BCUT2D eigenvalue weighted by Crippen LogP contribution is -2.69. The maximum Gasteiger partial charge on any atom is 0.246 e. The van der Waals surface area contributed by atoms with Gasteiger partial charge in [-0.05, 0) is 52.4 Å². The van der Waals surface area contributed by atoms with Crippen molar-refractivity contribution >= 4 is 5.91 Å². The van der Waals surface area contributed by atoms with Gasteiger partial charge in [0.2, 0.25) is 12.2 Å². The van der Waals surface area contributed by atoms with E-state index in [4.69, 9.17) is 36.1 Å². The summed E-state index contributed by atoms with van der Waals surface area (Å²) >= 11 is 0. The molecule has 0 aromatic rings. The summed E-state index contributed by atoms with van der Waals surface area (Å²) in [6.45, 7) is 2.33. The highest BCUT2D eigenvalue weighted by molar-refractivity contribution is 5.77. The third-order valence-corrected chi connectivity index (χ3v) is 7.32. The van der Waals surface area contributed by atoms with Gasteiger partial charge >= 0.3 is 0 Å². The number of aliphatic hydroxyl groups excluding tert-OH is 3. The Morgan fingerprint density at radius 2 is 1.90 bits per heavy atom. The minimum absolute atomic E-state index is 0.111. The summed E-state index contributed by atoms with van der Waals surface area (Å²) in [7, 11) is 1.58. The first-order valence-electron chi connectivity index (χ1n) is 13.4. The van der Waals surface area contributed by atoms with Crippen LogP contribution in [0.3, 0.4) is 0 Å². The lowest BCUT2D eigenvalue weighted by atomic mass is 9.83. The normalized spacial score (nSPS) is 41.0. The van der Waals surface area contributed by atoms with Crippen LogP contribution in [0.25, 0.3) is 0 Å². The number of nitrogens with one attached hydrogen (secondary N) is 3. The van der Waals surface area contributed by atoms with Crippen LogP contribution >= 0.6 is 0 Å². The fraction of sp³-hybridized carbons (Fsp3) is 0.875. The molecule has 1 saturated carbocycles. The van der Waals surface area contributed by atoms with Crippen molar-refractivity contribution in [3.8, 4) is 0 Å². The molecule has 39 heavy (non-hydrogen) atoms. The molecule has 0 unspecified atom stereocenters. The lowest BCUT2D eigenvalue weighted by molar-refractivity contribution is -0.304. The standard InChI is InChI=1S/C24H46N6O9/c1-24(35)11-36-23(18(34)21(24)28-2)39-20-15(30-16(32)10-31)8-14(27)19(17(20)33)38-22-13(26)5-4-12(37-22)9-29-7-3-6-25/h4,13-15,17-23,28-29,31,33-35H,3,5-11,25-27H2,1-2H3,(H,30,32)/t13-,14+,15-,17+,18-,19-,20+,21-,22-,23-,24+/m1/s1. The van der Waals surface area contributed by atoms with Crippen molar-refractivity contribution in [2.75, 3.05) is 39.9 Å². The molecular formula is C24H46N6O9. The molecule has 0 spiro atoms. The van der Waals surface area contributed by atoms with E-state index in [9.17, 15) is 25.2 Å². The Morgan fingerprint density at radius 3 is 2.56 bits per heavy atom. The second kappa shape index (κ2) is 14.4. The van der Waals surface area contributed by atoms with Crippen LogP contribution in [0.2, 0.25) is 0 Å². The molecule has 11 atom stereocenters. The van der Waals surface area contributed by atoms with E-state index in [2.05, 4.69) is 16.0 Å². The van der Waals surface area contributed by atoms with Gasteiger partial charge in [-0.15, -0.1) is 0 Å². The number of carbonyl (C=O) groups excluding carboxylic acids is 1. The topological polar surface area (TPSA) is 249 Å². The zero-order valence-electron chi connectivity index (χ0n) is 22.6. The van der Waals surface area contributed by atoms with Gasteiger partial charge in [0.25, 0.3) is 0 Å². The first-order valence-corrected chi connectivity index (χ1v) is 13.4. The van der Waals surface area contributed by atoms with Crippen molar-refractivity contribution in [3.63, 3.8) is 0 Å². The second-order valence-electron chi connectivity index (χ2n) is 10.6. The number of aliphatic hydroxyl groups is 4. The van der Waals surface area contributed by atoms with Crippen LogP contribution in [0.5, 0.6) is 0 Å². The summed E-state index contributed by atoms with van der Waals surface area (Å²) in [5.41, 5.74) is 16.8. The van der Waals surface area contributed by atoms with Gasteiger partial charge in [0.15, 0.2) is 6.29 Å². The largest absolute Gasteiger partial charge is 0.467 e. The number of carbonyl (C=O) groups is 1. The minimum atomic E-state index is -1.41. The van der Waals surface area contributed by atoms with Crippen molar-refractivity contribution in [3.05, 3.63) is 11.8 Å². The van der Waals surface area contributed by atoms with Gasteiger partial charge in [-0.1, -0.05) is 0 Å². The van der Waals surface area contributed by atoms with E-state index >= 15 is 0 Å². The average Bonchev–Trinajstić information content (AvgIpc) is 2.89. The van der Waals surface area contributed by atoms with Gasteiger partial charge < -0.3 is 72.5 Å². The molecule has 0 aromatic heterocycles. The molecule has 1 aliphatic carbocycles. The zero-order valence-corrected chi connectivity index (χ0v) is 22.6. The van der Waals surface area contributed by atoms with Crippen molar-refractivity contribution < 1.29 is 44.2 Å². The molecule has 0 radical (unpaired) electrons. The smallest absolute Gasteiger partial charge is 0.246 e. The van der Waals surface area contributed by atoms with Gasteiger partial charge in [-0.2, -0.15) is 0 Å². The van der Waals surface area contributed by atoms with E-state index in [0.29, 0.717) is 25.3 Å². The lowest BCUT2D eigenvalue weighted by Gasteiger charge is -2.48. The molecular weight excluding hydrogens is 516 g/mol. The molecule has 0 aromatic carbocycles. The van der Waals surface area contributed by atoms with Gasteiger partial charge in [-0.3, -0.25) is 4.79 Å². The van der Waals surface area contributed by atoms with E-state index in [0.717, 1.165) is 13.0 Å². The van der Waals surface area contributed by atoms with Gasteiger partial charge in [-0.25, -0.2) is 0 Å². The fourth-order valence-electron chi connectivity index (χ4n) is 5.21. The first kappa shape index (κ1) is 32.0. The van der Waals surface area contributed by atoms with E-state index in [1.54, 1.807) is 7.05 Å². The summed E-state index contributed by atoms with van der Waals surface area (Å²) in [5.74, 6) is -0.0505. The van der Waals surface area contributed by atoms with Crippen LogP contribution in [0, 0.1) is 0 Å². The molecule has 15 nitrogen and oxygen atoms in total. The third-order valence-electron chi connectivity index (χ3n) is 7.32. The molecule has 1 saturated heterocycles. The Kier molecular flexibility index (Phi) is 11.9. The second-order valence-corrected chi connectivity index (χ2v) is 10.6. The Bertz CT molecular complexity index is 821. The van der Waals surface area contributed by atoms with Crippen LogP contribution in [-0.4, -0.2) is 133 Å². The molecule has 0 bridgehead atoms. The predicted molar refractivity (Wildman–Crippen MR) is 139 cm³/mol. The summed E-state index contributed by atoms with van der Waals surface area (Å²) in [4.78, 5) is 12.0. The van der Waals surface area contributed by atoms with E-state index < -0.39 is 79.3 Å². The van der Waals surface area contributed by atoms with Crippen molar-refractivity contribution in [2.45, 2.75) is 93.0 Å². The minimum Gasteiger partial charge on any atom is -0.467 e. The summed E-state index contributed by atoms with van der Waals surface area (Å²) < 4.78 is 23.7. The maximum atomic E-state index is 12.0. The first-order chi connectivity index (χ1) is 18.5. The molecule has 3 rings (SSSR count). The number of hydrogen-bond donors (Lipinski definition) is 10. The number of ether oxygens (including phenoxy) is 4. The SMILES string of the molecule is CN[C@@H]1[C@@H](O)[C@@H](O[C@@H]2[C@@H](O)[C@H](O[C@H]3OC(CNCCCN)=CC[C@H]3N)[C@@H](N)C[C@H]2NC(=O)CO)OC[C@]1(C)O. The molecule has 13 N–H and O–H groups in total. The van der Waals surface area contributed by atoms with Crippen LogP contribution in [0.1, 0.15) is 26.2 Å². The maximum absolute atomic E-state index is 12.0. The van der Waals surface area contributed by atoms with E-state index in [-0.39, 0.29) is 13.0 Å². The Labute approximate surface area is 228 Å². The predicted octanol–water partition coefficient (Wildman–Crippen LogP) is -4.72. The van der Waals surface area contributed by atoms with Gasteiger partial charge in [0.05, 0.1) is 31.3 Å². The zero-order chi connectivity index (χ0) is 28.7. The van der Waals surface area contributed by atoms with Crippen LogP contribution in [0.4, 0.5) is 0 Å². The molecule has 2 fully saturated rings. The van der Waals surface area contributed by atoms with Crippen LogP contribution < -0.4 is 33.2 Å². The Balaban J connectivity index is 1.73. The fourth-order valence-corrected chi connectivity index (χ4v) is 5.21. The third kappa shape index (κ3) is 8.06. The van der Waals surface area contributed by atoms with Crippen molar-refractivity contribution in [1.82, 2.24) is 16.0 Å². The number of hydrogen-bond acceptors (Lipinski definition) is 14. The van der Waals surface area contributed by atoms with Crippen molar-refractivity contribution in [1.29, 1.82) is 0 Å². The van der Waals surface area contributed by atoms with Gasteiger partial charge in [0, 0.05) is 6.04 Å². The number of nitrogens with two attached hydrogens (primary N) is 3. The quantitative estimate of drug-likeness (QED) is 0.100. The Hall–Kier alpha value is -1.47. The Morgan fingerprint density at radius 1 is 1.18 bits per heavy atom. The van der Waals surface area contributed by atoms with Crippen LogP contribution in [-0.2, 0) is 23.7 Å². The highest BCUT2D eigenvalue weighted by Crippen LogP contribution is 2.32. The monoisotopic (exact) mass is 562 g/mol. The summed E-state index contributed by atoms with van der Waals surface area (Å²) in [6, 6.07) is -2.93. The van der Waals surface area contributed by atoms with Crippen molar-refractivity contribution in [2.24, 2.45) is 17.2 Å². The highest BCUT2D eigenvalue weighted by atomic mass is 16.7. The number of rotatable bonds is 12. The highest BCUT2D eigenvalue weighted by Gasteiger charge is 2.51. The number of likely N-dealkylation sites (N-methyl/N-ethyl adjacent to an activating group) is 1. The average molecular weight is 563 g/mol. The summed E-state index contributed by atoms with van der Waals surface area (Å²) in [5, 5.41) is 50.8. The molecule has 15 heteroatoms.